The number of aliphatic hydroxyl groups is 1. The van der Waals surface area contributed by atoms with Gasteiger partial charge in [-0.05, 0) is 13.0 Å². The minimum atomic E-state index is 0.00465. The lowest BCUT2D eigenvalue weighted by Gasteiger charge is -1.92. The molecule has 0 aliphatic heterocycles. The summed E-state index contributed by atoms with van der Waals surface area (Å²) in [5, 5.41) is 11.3. The molecule has 0 spiro atoms. The van der Waals surface area contributed by atoms with Crippen LogP contribution in [0.25, 0.3) is 21.5 Å². The molecule has 0 saturated heterocycles. The van der Waals surface area contributed by atoms with Gasteiger partial charge in [-0.15, -0.1) is 11.3 Å². The molecule has 86 valence electrons. The number of hydrogen-bond acceptors (Lipinski definition) is 3. The van der Waals surface area contributed by atoms with E-state index < -0.39 is 0 Å². The second-order valence-corrected chi connectivity index (χ2v) is 5.13. The highest BCUT2D eigenvalue weighted by Crippen LogP contribution is 2.32. The molecule has 0 bridgehead atoms. The molecule has 17 heavy (non-hydrogen) atoms. The second kappa shape index (κ2) is 3.98. The van der Waals surface area contributed by atoms with Crippen molar-refractivity contribution in [2.24, 2.45) is 0 Å². The zero-order valence-corrected chi connectivity index (χ0v) is 10.2. The van der Waals surface area contributed by atoms with E-state index in [1.54, 1.807) is 11.3 Å². The van der Waals surface area contributed by atoms with Gasteiger partial charge in [-0.1, -0.05) is 18.2 Å². The van der Waals surface area contributed by atoms with E-state index in [9.17, 15) is 5.11 Å². The summed E-state index contributed by atoms with van der Waals surface area (Å²) < 4.78 is 0. The average Bonchev–Trinajstić information content (AvgIpc) is 2.92. The van der Waals surface area contributed by atoms with Crippen molar-refractivity contribution in [2.75, 3.05) is 0 Å². The molecule has 0 aliphatic rings. The van der Waals surface area contributed by atoms with Crippen molar-refractivity contribution in [1.29, 1.82) is 0 Å². The molecule has 0 saturated carbocycles. The number of thiazole rings is 1. The summed E-state index contributed by atoms with van der Waals surface area (Å²) in [6, 6.07) is 8.16. The minimum Gasteiger partial charge on any atom is -0.390 e. The Balaban J connectivity index is 2.20. The lowest BCUT2D eigenvalue weighted by Crippen LogP contribution is -1.84. The van der Waals surface area contributed by atoms with E-state index in [1.807, 2.05) is 31.3 Å². The Labute approximate surface area is 103 Å². The highest BCUT2D eigenvalue weighted by molar-refractivity contribution is 7.15. The van der Waals surface area contributed by atoms with Crippen LogP contribution < -0.4 is 0 Å². The van der Waals surface area contributed by atoms with E-state index in [4.69, 9.17) is 0 Å². The van der Waals surface area contributed by atoms with Gasteiger partial charge >= 0.3 is 0 Å². The quantitative estimate of drug-likeness (QED) is 0.727. The minimum absolute atomic E-state index is 0.00465. The van der Waals surface area contributed by atoms with Crippen LogP contribution in [0, 0.1) is 6.92 Å². The number of fused-ring (bicyclic) bond motifs is 1. The number of nitrogens with zero attached hydrogens (tertiary/aromatic N) is 1. The topological polar surface area (TPSA) is 48.9 Å². The molecule has 2 aromatic heterocycles. The third-order valence-corrected chi connectivity index (χ3v) is 3.91. The van der Waals surface area contributed by atoms with Crippen LogP contribution in [0.1, 0.15) is 10.6 Å². The molecular formula is C13H12N2OS. The predicted octanol–water partition coefficient (Wildman–Crippen LogP) is 3.09. The SMILES string of the molecule is Cc1sc(-c2c[nH]c3ccccc23)nc1CO. The van der Waals surface area contributed by atoms with E-state index in [0.29, 0.717) is 0 Å². The third-order valence-electron chi connectivity index (χ3n) is 2.86. The average molecular weight is 244 g/mol. The lowest BCUT2D eigenvalue weighted by atomic mass is 10.2. The molecule has 0 unspecified atom stereocenters. The number of aliphatic hydroxyl groups excluding tert-OH is 1. The standard InChI is InChI=1S/C13H12N2OS/c1-8-12(7-16)15-13(17-8)10-6-14-11-5-3-2-4-9(10)11/h2-6,14,16H,7H2,1H3. The van der Waals surface area contributed by atoms with E-state index in [2.05, 4.69) is 16.0 Å². The maximum absolute atomic E-state index is 9.18. The molecule has 3 rings (SSSR count). The molecule has 0 amide bonds. The highest BCUT2D eigenvalue weighted by atomic mass is 32.1. The van der Waals surface area contributed by atoms with Crippen LogP contribution in [0.15, 0.2) is 30.5 Å². The van der Waals surface area contributed by atoms with Crippen LogP contribution in [-0.4, -0.2) is 15.1 Å². The molecule has 0 atom stereocenters. The van der Waals surface area contributed by atoms with Gasteiger partial charge < -0.3 is 10.1 Å². The molecule has 3 aromatic rings. The molecule has 0 radical (unpaired) electrons. The number of aromatic nitrogens is 2. The van der Waals surface area contributed by atoms with Crippen molar-refractivity contribution in [3.8, 4) is 10.6 Å². The van der Waals surface area contributed by atoms with Crippen molar-refractivity contribution in [3.63, 3.8) is 0 Å². The maximum atomic E-state index is 9.18. The number of nitrogens with one attached hydrogen (secondary N) is 1. The maximum Gasteiger partial charge on any atom is 0.126 e. The first-order chi connectivity index (χ1) is 8.29. The number of H-pyrrole nitrogens is 1. The number of rotatable bonds is 2. The summed E-state index contributed by atoms with van der Waals surface area (Å²) in [6.07, 6.45) is 1.98. The normalized spacial score (nSPS) is 11.2. The fraction of sp³-hybridized carbons (Fsp3) is 0.154. The van der Waals surface area contributed by atoms with Crippen LogP contribution in [-0.2, 0) is 6.61 Å². The first-order valence-corrected chi connectivity index (χ1v) is 6.25. The molecule has 0 aliphatic carbocycles. The summed E-state index contributed by atoms with van der Waals surface area (Å²) >= 11 is 1.62. The molecule has 4 heteroatoms. The summed E-state index contributed by atoms with van der Waals surface area (Å²) in [6.45, 7) is 1.99. The Bertz CT molecular complexity index is 669. The van der Waals surface area contributed by atoms with Gasteiger partial charge in [0.2, 0.25) is 0 Å². The molecule has 1 aromatic carbocycles. The van der Waals surface area contributed by atoms with Gasteiger partial charge in [-0.2, -0.15) is 0 Å². The first-order valence-electron chi connectivity index (χ1n) is 5.43. The number of aromatic amines is 1. The van der Waals surface area contributed by atoms with Crippen molar-refractivity contribution in [1.82, 2.24) is 9.97 Å². The lowest BCUT2D eigenvalue weighted by molar-refractivity contribution is 0.277. The first kappa shape index (κ1) is 10.5. The van der Waals surface area contributed by atoms with Crippen LogP contribution in [0.5, 0.6) is 0 Å². The molecule has 0 fully saturated rings. The van der Waals surface area contributed by atoms with Crippen molar-refractivity contribution in [2.45, 2.75) is 13.5 Å². The van der Waals surface area contributed by atoms with Gasteiger partial charge in [0.25, 0.3) is 0 Å². The van der Waals surface area contributed by atoms with Crippen LogP contribution in [0.2, 0.25) is 0 Å². The Morgan fingerprint density at radius 2 is 2.18 bits per heavy atom. The van der Waals surface area contributed by atoms with Gasteiger partial charge in [0, 0.05) is 27.5 Å². The summed E-state index contributed by atoms with van der Waals surface area (Å²) in [5.41, 5.74) is 2.99. The second-order valence-electron chi connectivity index (χ2n) is 3.93. The van der Waals surface area contributed by atoms with Crippen LogP contribution >= 0.6 is 11.3 Å². The molecule has 3 nitrogen and oxygen atoms in total. The van der Waals surface area contributed by atoms with Crippen molar-refractivity contribution >= 4 is 22.2 Å². The number of aryl methyl sites for hydroxylation is 1. The van der Waals surface area contributed by atoms with E-state index in [0.717, 1.165) is 26.7 Å². The van der Waals surface area contributed by atoms with Gasteiger partial charge in [-0.3, -0.25) is 0 Å². The Kier molecular flexibility index (Phi) is 2.46. The smallest absolute Gasteiger partial charge is 0.126 e. The fourth-order valence-electron chi connectivity index (χ4n) is 1.94. The van der Waals surface area contributed by atoms with E-state index in [-0.39, 0.29) is 6.61 Å². The van der Waals surface area contributed by atoms with Crippen LogP contribution in [0.3, 0.4) is 0 Å². The van der Waals surface area contributed by atoms with Crippen molar-refractivity contribution < 1.29 is 5.11 Å². The van der Waals surface area contributed by atoms with Gasteiger partial charge in [-0.25, -0.2) is 4.98 Å². The molecular weight excluding hydrogens is 232 g/mol. The van der Waals surface area contributed by atoms with Gasteiger partial charge in [0.05, 0.1) is 12.3 Å². The molecule has 2 N–H and O–H groups in total. The monoisotopic (exact) mass is 244 g/mol. The zero-order valence-electron chi connectivity index (χ0n) is 9.40. The number of benzene rings is 1. The summed E-state index contributed by atoms with van der Waals surface area (Å²) in [4.78, 5) is 8.78. The third kappa shape index (κ3) is 1.66. The summed E-state index contributed by atoms with van der Waals surface area (Å²) in [7, 11) is 0. The van der Waals surface area contributed by atoms with Gasteiger partial charge in [0.15, 0.2) is 0 Å². The Morgan fingerprint density at radius 3 is 2.94 bits per heavy atom. The largest absolute Gasteiger partial charge is 0.390 e. The number of para-hydroxylation sites is 1. The highest BCUT2D eigenvalue weighted by Gasteiger charge is 2.12. The van der Waals surface area contributed by atoms with Crippen LogP contribution in [0.4, 0.5) is 0 Å². The fourth-order valence-corrected chi connectivity index (χ4v) is 2.89. The van der Waals surface area contributed by atoms with Gasteiger partial charge in [0.1, 0.15) is 5.01 Å². The predicted molar refractivity (Wildman–Crippen MR) is 70.1 cm³/mol. The Morgan fingerprint density at radius 1 is 1.35 bits per heavy atom. The Hall–Kier alpha value is -1.65. The molecule has 2 heterocycles. The zero-order chi connectivity index (χ0) is 11.8. The van der Waals surface area contributed by atoms with E-state index >= 15 is 0 Å². The number of hydrogen-bond donors (Lipinski definition) is 2. The van der Waals surface area contributed by atoms with Crippen molar-refractivity contribution in [3.05, 3.63) is 41.0 Å². The van der Waals surface area contributed by atoms with E-state index in [1.165, 1.54) is 5.39 Å². The summed E-state index contributed by atoms with van der Waals surface area (Å²) in [5.74, 6) is 0.